The highest BCUT2D eigenvalue weighted by Gasteiger charge is 2.24. The lowest BCUT2D eigenvalue weighted by molar-refractivity contribution is 0.0933. The number of halogens is 2. The Labute approximate surface area is 130 Å². The first kappa shape index (κ1) is 14.1. The Morgan fingerprint density at radius 1 is 1.33 bits per heavy atom. The van der Waals surface area contributed by atoms with Gasteiger partial charge in [-0.2, -0.15) is 0 Å². The maximum atomic E-state index is 13.1. The number of ether oxygens (including phenoxy) is 1. The molecule has 3 rings (SSSR count). The summed E-state index contributed by atoms with van der Waals surface area (Å²) in [5, 5.41) is 2.84. The summed E-state index contributed by atoms with van der Waals surface area (Å²) in [7, 11) is 0. The topological polar surface area (TPSA) is 38.3 Å². The molecule has 1 aliphatic rings. The fourth-order valence-corrected chi connectivity index (χ4v) is 2.81. The molecule has 3 nitrogen and oxygen atoms in total. The van der Waals surface area contributed by atoms with Gasteiger partial charge in [0, 0.05) is 16.5 Å². The van der Waals surface area contributed by atoms with E-state index < -0.39 is 0 Å². The lowest BCUT2D eigenvalue weighted by Gasteiger charge is -2.12. The second kappa shape index (κ2) is 5.85. The highest BCUT2D eigenvalue weighted by molar-refractivity contribution is 9.10. The van der Waals surface area contributed by atoms with Crippen LogP contribution in [0.3, 0.4) is 0 Å². The maximum Gasteiger partial charge on any atom is 0.252 e. The molecule has 0 radical (unpaired) electrons. The SMILES string of the molecule is O=C(NC[C@@H]1Cc2cc(F)ccc2O1)c1ccccc1Br. The van der Waals surface area contributed by atoms with E-state index >= 15 is 0 Å². The van der Waals surface area contributed by atoms with E-state index in [-0.39, 0.29) is 17.8 Å². The zero-order chi connectivity index (χ0) is 14.8. The monoisotopic (exact) mass is 349 g/mol. The van der Waals surface area contributed by atoms with E-state index in [0.717, 1.165) is 10.0 Å². The van der Waals surface area contributed by atoms with Crippen LogP contribution in [0.4, 0.5) is 4.39 Å². The number of carbonyl (C=O) groups is 1. The number of fused-ring (bicyclic) bond motifs is 1. The highest BCUT2D eigenvalue weighted by atomic mass is 79.9. The minimum absolute atomic E-state index is 0.159. The molecule has 1 atom stereocenters. The molecule has 1 N–H and O–H groups in total. The molecule has 0 bridgehead atoms. The van der Waals surface area contributed by atoms with Gasteiger partial charge in [0.05, 0.1) is 12.1 Å². The largest absolute Gasteiger partial charge is 0.488 e. The van der Waals surface area contributed by atoms with Crippen molar-refractivity contribution in [3.63, 3.8) is 0 Å². The third-order valence-electron chi connectivity index (χ3n) is 3.37. The number of rotatable bonds is 3. The van der Waals surface area contributed by atoms with Crippen molar-refractivity contribution in [2.45, 2.75) is 12.5 Å². The zero-order valence-electron chi connectivity index (χ0n) is 11.1. The first-order chi connectivity index (χ1) is 10.1. The number of amides is 1. The highest BCUT2D eigenvalue weighted by Crippen LogP contribution is 2.29. The van der Waals surface area contributed by atoms with E-state index in [4.69, 9.17) is 4.74 Å². The van der Waals surface area contributed by atoms with Gasteiger partial charge in [-0.3, -0.25) is 4.79 Å². The van der Waals surface area contributed by atoms with Gasteiger partial charge in [-0.25, -0.2) is 4.39 Å². The molecule has 0 spiro atoms. The summed E-state index contributed by atoms with van der Waals surface area (Å²) in [5.74, 6) is 0.264. The van der Waals surface area contributed by atoms with Crippen molar-refractivity contribution in [3.8, 4) is 5.75 Å². The Kier molecular flexibility index (Phi) is 3.92. The van der Waals surface area contributed by atoms with Gasteiger partial charge >= 0.3 is 0 Å². The molecular formula is C16H13BrFNO2. The first-order valence-electron chi connectivity index (χ1n) is 6.61. The third kappa shape index (κ3) is 3.08. The summed E-state index contributed by atoms with van der Waals surface area (Å²) in [6.45, 7) is 0.385. The normalized spacial score (nSPS) is 16.2. The van der Waals surface area contributed by atoms with Crippen LogP contribution in [0.15, 0.2) is 46.9 Å². The zero-order valence-corrected chi connectivity index (χ0v) is 12.7. The van der Waals surface area contributed by atoms with Crippen LogP contribution < -0.4 is 10.1 Å². The standard InChI is InChI=1S/C16H13BrFNO2/c17-14-4-2-1-3-13(14)16(20)19-9-12-8-10-7-11(18)5-6-15(10)21-12/h1-7,12H,8-9H2,(H,19,20)/t12-/m0/s1. The molecule has 2 aromatic carbocycles. The summed E-state index contributed by atoms with van der Waals surface area (Å²) in [5.41, 5.74) is 1.43. The Morgan fingerprint density at radius 3 is 2.95 bits per heavy atom. The molecule has 0 fully saturated rings. The van der Waals surface area contributed by atoms with Gasteiger partial charge in [0.15, 0.2) is 0 Å². The van der Waals surface area contributed by atoms with Crippen molar-refractivity contribution in [2.24, 2.45) is 0 Å². The molecule has 1 amide bonds. The molecule has 1 aliphatic heterocycles. The summed E-state index contributed by atoms with van der Waals surface area (Å²) < 4.78 is 19.6. The van der Waals surface area contributed by atoms with E-state index in [1.165, 1.54) is 12.1 Å². The first-order valence-corrected chi connectivity index (χ1v) is 7.40. The second-order valence-electron chi connectivity index (χ2n) is 4.89. The van der Waals surface area contributed by atoms with E-state index in [1.807, 2.05) is 18.2 Å². The van der Waals surface area contributed by atoms with Crippen molar-refractivity contribution in [3.05, 3.63) is 63.9 Å². The van der Waals surface area contributed by atoms with Crippen LogP contribution in [0.5, 0.6) is 5.75 Å². The summed E-state index contributed by atoms with van der Waals surface area (Å²) in [6.07, 6.45) is 0.441. The van der Waals surface area contributed by atoms with Crippen molar-refractivity contribution in [1.29, 1.82) is 0 Å². The van der Waals surface area contributed by atoms with Crippen LogP contribution in [0.25, 0.3) is 0 Å². The van der Waals surface area contributed by atoms with Gasteiger partial charge in [0.2, 0.25) is 0 Å². The number of hydrogen-bond acceptors (Lipinski definition) is 2. The molecule has 0 aliphatic carbocycles. The predicted molar refractivity (Wildman–Crippen MR) is 81.0 cm³/mol. The molecule has 1 heterocycles. The second-order valence-corrected chi connectivity index (χ2v) is 5.74. The van der Waals surface area contributed by atoms with Crippen LogP contribution in [0.1, 0.15) is 15.9 Å². The molecule has 0 saturated carbocycles. The molecule has 0 unspecified atom stereocenters. The summed E-state index contributed by atoms with van der Waals surface area (Å²) in [4.78, 5) is 12.1. The number of hydrogen-bond donors (Lipinski definition) is 1. The fourth-order valence-electron chi connectivity index (χ4n) is 2.35. The molecule has 0 aromatic heterocycles. The number of carbonyl (C=O) groups excluding carboxylic acids is 1. The third-order valence-corrected chi connectivity index (χ3v) is 4.06. The van der Waals surface area contributed by atoms with E-state index in [0.29, 0.717) is 24.3 Å². The average molecular weight is 350 g/mol. The fraction of sp³-hybridized carbons (Fsp3) is 0.188. The maximum absolute atomic E-state index is 13.1. The van der Waals surface area contributed by atoms with Crippen LogP contribution in [-0.2, 0) is 6.42 Å². The van der Waals surface area contributed by atoms with Crippen LogP contribution in [0.2, 0.25) is 0 Å². The molecular weight excluding hydrogens is 337 g/mol. The Bertz CT molecular complexity index is 690. The van der Waals surface area contributed by atoms with Crippen LogP contribution >= 0.6 is 15.9 Å². The van der Waals surface area contributed by atoms with Crippen molar-refractivity contribution >= 4 is 21.8 Å². The molecule has 21 heavy (non-hydrogen) atoms. The predicted octanol–water partition coefficient (Wildman–Crippen LogP) is 3.32. The Morgan fingerprint density at radius 2 is 2.14 bits per heavy atom. The number of nitrogens with one attached hydrogen (secondary N) is 1. The van der Waals surface area contributed by atoms with Gasteiger partial charge < -0.3 is 10.1 Å². The summed E-state index contributed by atoms with van der Waals surface area (Å²) >= 11 is 3.35. The van der Waals surface area contributed by atoms with Gasteiger partial charge in [-0.1, -0.05) is 12.1 Å². The average Bonchev–Trinajstić information content (AvgIpc) is 2.87. The van der Waals surface area contributed by atoms with Crippen LogP contribution in [-0.4, -0.2) is 18.6 Å². The van der Waals surface area contributed by atoms with Crippen molar-refractivity contribution in [1.82, 2.24) is 5.32 Å². The summed E-state index contributed by atoms with van der Waals surface area (Å²) in [6, 6.07) is 11.7. The van der Waals surface area contributed by atoms with Gasteiger partial charge in [-0.05, 0) is 46.3 Å². The molecule has 0 saturated heterocycles. The number of benzene rings is 2. The Balaban J connectivity index is 1.60. The van der Waals surface area contributed by atoms with E-state index in [2.05, 4.69) is 21.2 Å². The Hall–Kier alpha value is -1.88. The van der Waals surface area contributed by atoms with E-state index in [1.54, 1.807) is 12.1 Å². The lowest BCUT2D eigenvalue weighted by Crippen LogP contribution is -2.34. The lowest BCUT2D eigenvalue weighted by atomic mass is 10.1. The van der Waals surface area contributed by atoms with Gasteiger partial charge in [0.25, 0.3) is 5.91 Å². The van der Waals surface area contributed by atoms with Crippen LogP contribution in [0, 0.1) is 5.82 Å². The quantitative estimate of drug-likeness (QED) is 0.922. The minimum atomic E-state index is -0.268. The smallest absolute Gasteiger partial charge is 0.252 e. The van der Waals surface area contributed by atoms with Gasteiger partial charge in [0.1, 0.15) is 17.7 Å². The van der Waals surface area contributed by atoms with E-state index in [9.17, 15) is 9.18 Å². The minimum Gasteiger partial charge on any atom is -0.488 e. The van der Waals surface area contributed by atoms with Crippen molar-refractivity contribution < 1.29 is 13.9 Å². The van der Waals surface area contributed by atoms with Gasteiger partial charge in [-0.15, -0.1) is 0 Å². The van der Waals surface area contributed by atoms with Crippen molar-refractivity contribution in [2.75, 3.05) is 6.54 Å². The molecule has 2 aromatic rings. The molecule has 5 heteroatoms. The molecule has 108 valence electrons.